The summed E-state index contributed by atoms with van der Waals surface area (Å²) in [6, 6.07) is 0. The van der Waals surface area contributed by atoms with E-state index in [9.17, 15) is 19.8 Å². The Morgan fingerprint density at radius 3 is 2.48 bits per heavy atom. The lowest BCUT2D eigenvalue weighted by atomic mass is 9.82. The third-order valence-corrected chi connectivity index (χ3v) is 5.47. The van der Waals surface area contributed by atoms with Crippen molar-refractivity contribution < 1.29 is 34.4 Å². The Labute approximate surface area is 161 Å². The van der Waals surface area contributed by atoms with E-state index in [1.807, 2.05) is 6.92 Å². The van der Waals surface area contributed by atoms with Gasteiger partial charge in [-0.3, -0.25) is 4.79 Å². The number of unbranched alkanes of at least 4 members (excludes halogenated alkanes) is 1. The van der Waals surface area contributed by atoms with Crippen LogP contribution in [0, 0.1) is 11.8 Å². The van der Waals surface area contributed by atoms with Crippen LogP contribution in [0.15, 0.2) is 11.1 Å². The zero-order valence-electron chi connectivity index (χ0n) is 17.0. The summed E-state index contributed by atoms with van der Waals surface area (Å²) in [5.74, 6) is -1.29. The molecule has 0 radical (unpaired) electrons. The molecule has 1 aliphatic heterocycles. The maximum atomic E-state index is 11.3. The van der Waals surface area contributed by atoms with E-state index in [-0.39, 0.29) is 35.1 Å². The Morgan fingerprint density at radius 2 is 1.96 bits per heavy atom. The van der Waals surface area contributed by atoms with Gasteiger partial charge in [0.15, 0.2) is 0 Å². The summed E-state index contributed by atoms with van der Waals surface area (Å²) in [7, 11) is 1.57. The average molecular weight is 386 g/mol. The smallest absolute Gasteiger partial charge is 0.331 e. The molecular weight excluding hydrogens is 352 g/mol. The monoisotopic (exact) mass is 386 g/mol. The van der Waals surface area contributed by atoms with Crippen molar-refractivity contribution in [1.29, 1.82) is 0 Å². The van der Waals surface area contributed by atoms with Gasteiger partial charge in [-0.1, -0.05) is 19.8 Å². The van der Waals surface area contributed by atoms with E-state index in [1.54, 1.807) is 7.11 Å². The van der Waals surface area contributed by atoms with Crippen LogP contribution in [-0.2, 0) is 19.1 Å². The number of aliphatic hydroxyl groups excluding tert-OH is 1. The van der Waals surface area contributed by atoms with Crippen LogP contribution in [0.3, 0.4) is 0 Å². The standard InChI is InChI=1S/C20H34O7/c1-12(8-6-7-9-16-15(11-26-5)19(24)27-16)10-20(4,25)17(21)13(2)14(3)18(22)23/h12,15-17,21,25H,6-11H2,1-5H3,(H,22,23). The van der Waals surface area contributed by atoms with Gasteiger partial charge in [0.1, 0.15) is 18.1 Å². The number of carboxylic acid groups (broad SMARTS) is 1. The van der Waals surface area contributed by atoms with Crippen LogP contribution in [0.25, 0.3) is 0 Å². The van der Waals surface area contributed by atoms with Crippen molar-refractivity contribution in [3.8, 4) is 0 Å². The zero-order valence-corrected chi connectivity index (χ0v) is 17.0. The maximum absolute atomic E-state index is 11.3. The molecule has 0 aliphatic carbocycles. The summed E-state index contributed by atoms with van der Waals surface area (Å²) in [5.41, 5.74) is -1.07. The molecule has 1 heterocycles. The molecule has 1 fully saturated rings. The minimum atomic E-state index is -1.40. The first-order chi connectivity index (χ1) is 12.5. The molecule has 1 saturated heterocycles. The quantitative estimate of drug-likeness (QED) is 0.268. The molecule has 1 rings (SSSR count). The molecule has 0 saturated carbocycles. The summed E-state index contributed by atoms with van der Waals surface area (Å²) in [6.45, 7) is 6.88. The number of carbonyl (C=O) groups excluding carboxylic acids is 1. The van der Waals surface area contributed by atoms with E-state index in [0.29, 0.717) is 13.0 Å². The van der Waals surface area contributed by atoms with Gasteiger partial charge in [-0.05, 0) is 51.5 Å². The summed E-state index contributed by atoms with van der Waals surface area (Å²) >= 11 is 0. The Hall–Kier alpha value is -1.44. The number of carbonyl (C=O) groups is 2. The fourth-order valence-corrected chi connectivity index (χ4v) is 3.61. The van der Waals surface area contributed by atoms with Crippen LogP contribution in [0.5, 0.6) is 0 Å². The third kappa shape index (κ3) is 6.59. The third-order valence-electron chi connectivity index (χ3n) is 5.47. The van der Waals surface area contributed by atoms with E-state index < -0.39 is 17.7 Å². The minimum Gasteiger partial charge on any atom is -0.478 e. The fraction of sp³-hybridized carbons (Fsp3) is 0.800. The first kappa shape index (κ1) is 23.6. The summed E-state index contributed by atoms with van der Waals surface area (Å²) in [6.07, 6.45) is 2.56. The highest BCUT2D eigenvalue weighted by molar-refractivity contribution is 5.86. The molecule has 27 heavy (non-hydrogen) atoms. The fourth-order valence-electron chi connectivity index (χ4n) is 3.61. The van der Waals surface area contributed by atoms with Crippen molar-refractivity contribution in [3.63, 3.8) is 0 Å². The van der Waals surface area contributed by atoms with Crippen molar-refractivity contribution in [3.05, 3.63) is 11.1 Å². The number of methoxy groups -OCH3 is 1. The van der Waals surface area contributed by atoms with Gasteiger partial charge >= 0.3 is 11.9 Å². The topological polar surface area (TPSA) is 113 Å². The number of hydrogen-bond donors (Lipinski definition) is 3. The molecule has 5 atom stereocenters. The Morgan fingerprint density at radius 1 is 1.33 bits per heavy atom. The predicted molar refractivity (Wildman–Crippen MR) is 100 cm³/mol. The molecule has 0 aromatic carbocycles. The Bertz CT molecular complexity index is 553. The highest BCUT2D eigenvalue weighted by Gasteiger charge is 2.41. The second-order valence-corrected chi connectivity index (χ2v) is 8.00. The number of esters is 1. The second-order valence-electron chi connectivity index (χ2n) is 8.00. The molecule has 0 bridgehead atoms. The number of cyclic esters (lactones) is 1. The van der Waals surface area contributed by atoms with Crippen molar-refractivity contribution >= 4 is 11.9 Å². The SMILES string of the molecule is COCC1C(=O)OC1CCCCC(C)CC(C)(O)C(O)C(C)=C(C)C(=O)O. The van der Waals surface area contributed by atoms with Crippen LogP contribution in [0.2, 0.25) is 0 Å². The summed E-state index contributed by atoms with van der Waals surface area (Å²) in [5, 5.41) is 30.0. The molecule has 0 spiro atoms. The molecule has 7 nitrogen and oxygen atoms in total. The van der Waals surface area contributed by atoms with Gasteiger partial charge in [-0.25, -0.2) is 4.79 Å². The molecule has 7 heteroatoms. The lowest BCUT2D eigenvalue weighted by Gasteiger charge is -2.35. The van der Waals surface area contributed by atoms with Gasteiger partial charge in [0.2, 0.25) is 0 Å². The molecule has 0 aromatic rings. The van der Waals surface area contributed by atoms with Gasteiger partial charge < -0.3 is 24.8 Å². The van der Waals surface area contributed by atoms with Crippen molar-refractivity contribution in [2.75, 3.05) is 13.7 Å². The van der Waals surface area contributed by atoms with E-state index in [2.05, 4.69) is 0 Å². The molecule has 0 amide bonds. The summed E-state index contributed by atoms with van der Waals surface area (Å²) in [4.78, 5) is 22.4. The lowest BCUT2D eigenvalue weighted by Crippen LogP contribution is -2.47. The van der Waals surface area contributed by atoms with E-state index in [4.69, 9.17) is 14.6 Å². The van der Waals surface area contributed by atoms with Gasteiger partial charge in [0.25, 0.3) is 0 Å². The van der Waals surface area contributed by atoms with Crippen LogP contribution in [-0.4, -0.2) is 58.8 Å². The van der Waals surface area contributed by atoms with Crippen molar-refractivity contribution in [1.82, 2.24) is 0 Å². The lowest BCUT2D eigenvalue weighted by molar-refractivity contribution is -0.190. The van der Waals surface area contributed by atoms with E-state index in [1.165, 1.54) is 20.8 Å². The van der Waals surface area contributed by atoms with Gasteiger partial charge in [-0.15, -0.1) is 0 Å². The van der Waals surface area contributed by atoms with Gasteiger partial charge in [-0.2, -0.15) is 0 Å². The summed E-state index contributed by atoms with van der Waals surface area (Å²) < 4.78 is 10.2. The minimum absolute atomic E-state index is 0.0519. The first-order valence-electron chi connectivity index (χ1n) is 9.51. The molecule has 1 aliphatic rings. The van der Waals surface area contributed by atoms with Crippen LogP contribution in [0.1, 0.15) is 59.8 Å². The number of carboxylic acids is 1. The molecule has 156 valence electrons. The van der Waals surface area contributed by atoms with Crippen molar-refractivity contribution in [2.24, 2.45) is 11.8 Å². The van der Waals surface area contributed by atoms with Crippen LogP contribution in [0.4, 0.5) is 0 Å². The highest BCUT2D eigenvalue weighted by atomic mass is 16.6. The zero-order chi connectivity index (χ0) is 20.8. The van der Waals surface area contributed by atoms with Crippen LogP contribution < -0.4 is 0 Å². The maximum Gasteiger partial charge on any atom is 0.331 e. The highest BCUT2D eigenvalue weighted by Crippen LogP contribution is 2.30. The molecule has 3 N–H and O–H groups in total. The number of rotatable bonds is 12. The Kier molecular flexibility index (Phi) is 8.91. The average Bonchev–Trinajstić information content (AvgIpc) is 2.59. The number of hydrogen-bond acceptors (Lipinski definition) is 6. The van der Waals surface area contributed by atoms with E-state index in [0.717, 1.165) is 25.7 Å². The number of aliphatic hydroxyl groups is 2. The first-order valence-corrected chi connectivity index (χ1v) is 9.51. The second kappa shape index (κ2) is 10.2. The van der Waals surface area contributed by atoms with Crippen LogP contribution >= 0.6 is 0 Å². The molecule has 0 aromatic heterocycles. The molecular formula is C20H34O7. The number of ether oxygens (including phenoxy) is 2. The molecule has 5 unspecified atom stereocenters. The Balaban J connectivity index is 2.40. The van der Waals surface area contributed by atoms with Crippen molar-refractivity contribution in [2.45, 2.75) is 77.6 Å². The van der Waals surface area contributed by atoms with E-state index >= 15 is 0 Å². The van der Waals surface area contributed by atoms with Gasteiger partial charge in [0.05, 0.1) is 12.2 Å². The predicted octanol–water partition coefficient (Wildman–Crippen LogP) is 2.29. The number of aliphatic carboxylic acids is 1. The van der Waals surface area contributed by atoms with Gasteiger partial charge in [0, 0.05) is 12.7 Å². The normalized spacial score (nSPS) is 24.9. The largest absolute Gasteiger partial charge is 0.478 e.